The summed E-state index contributed by atoms with van der Waals surface area (Å²) in [6.45, 7) is 0. The molecule has 0 radical (unpaired) electrons. The zero-order valence-corrected chi connectivity index (χ0v) is 15.6. The number of benzene rings is 3. The molecule has 1 fully saturated rings. The van der Waals surface area contributed by atoms with Crippen molar-refractivity contribution in [2.75, 3.05) is 0 Å². The van der Waals surface area contributed by atoms with Crippen molar-refractivity contribution in [3.8, 4) is 6.07 Å². The normalized spacial score (nSPS) is 20.0. The monoisotopic (exact) mass is 381 g/mol. The lowest BCUT2D eigenvalue weighted by Crippen LogP contribution is -2.60. The number of nitrogens with one attached hydrogen (secondary N) is 2. The van der Waals surface area contributed by atoms with E-state index in [0.717, 1.165) is 0 Å². The van der Waals surface area contributed by atoms with E-state index in [9.17, 15) is 14.9 Å². The zero-order chi connectivity index (χ0) is 20.3. The number of amides is 2. The molecule has 1 aliphatic rings. The number of hydrogen-bond acceptors (Lipinski definition) is 3. The molecule has 0 spiro atoms. The van der Waals surface area contributed by atoms with Gasteiger partial charge in [-0.05, 0) is 11.1 Å². The lowest BCUT2D eigenvalue weighted by atomic mass is 9.65. The maximum atomic E-state index is 13.8. The highest BCUT2D eigenvalue weighted by Gasteiger charge is 2.57. The molecule has 0 aromatic heterocycles. The minimum atomic E-state index is -1.57. The Morgan fingerprint density at radius 1 is 0.759 bits per heavy atom. The van der Waals surface area contributed by atoms with Crippen molar-refractivity contribution in [1.82, 2.24) is 10.6 Å². The second-order valence-electron chi connectivity index (χ2n) is 6.98. The summed E-state index contributed by atoms with van der Waals surface area (Å²) in [7, 11) is 0. The first-order chi connectivity index (χ1) is 14.2. The van der Waals surface area contributed by atoms with E-state index in [1.165, 1.54) is 0 Å². The topological polar surface area (TPSA) is 82.0 Å². The van der Waals surface area contributed by atoms with Crippen LogP contribution in [-0.4, -0.2) is 11.8 Å². The SMILES string of the molecule is N#CC1(C(=O)c2ccccc2)[C@H](c2ccccc2)NC(=O)N[C@H]1c1ccccc1. The van der Waals surface area contributed by atoms with Crippen LogP contribution in [0.25, 0.3) is 0 Å². The lowest BCUT2D eigenvalue weighted by molar-refractivity contribution is 0.0708. The van der Waals surface area contributed by atoms with Gasteiger partial charge >= 0.3 is 6.03 Å². The maximum absolute atomic E-state index is 13.8. The molecular formula is C24H19N3O2. The van der Waals surface area contributed by atoms with Crippen LogP contribution >= 0.6 is 0 Å². The molecule has 0 saturated carbocycles. The Bertz CT molecular complexity index is 1010. The van der Waals surface area contributed by atoms with E-state index in [1.54, 1.807) is 24.3 Å². The highest BCUT2D eigenvalue weighted by Crippen LogP contribution is 2.48. The molecule has 1 saturated heterocycles. The van der Waals surface area contributed by atoms with Gasteiger partial charge in [0.15, 0.2) is 11.2 Å². The maximum Gasteiger partial charge on any atom is 0.315 e. The van der Waals surface area contributed by atoms with Crippen LogP contribution in [0.4, 0.5) is 4.79 Å². The Kier molecular flexibility index (Phi) is 4.84. The Labute approximate surface area is 169 Å². The number of urea groups is 1. The van der Waals surface area contributed by atoms with Crippen LogP contribution in [0.3, 0.4) is 0 Å². The molecule has 5 heteroatoms. The number of ketones is 1. The molecule has 142 valence electrons. The highest BCUT2D eigenvalue weighted by atomic mass is 16.2. The molecule has 1 aliphatic heterocycles. The Morgan fingerprint density at radius 2 is 1.17 bits per heavy atom. The number of hydrogen-bond donors (Lipinski definition) is 2. The van der Waals surface area contributed by atoms with E-state index in [-0.39, 0.29) is 5.78 Å². The average molecular weight is 381 g/mol. The summed E-state index contributed by atoms with van der Waals surface area (Å²) in [6.07, 6.45) is 0. The predicted octanol–water partition coefficient (Wildman–Crippen LogP) is 4.17. The third kappa shape index (κ3) is 3.15. The molecular weight excluding hydrogens is 362 g/mol. The Morgan fingerprint density at radius 3 is 1.59 bits per heavy atom. The summed E-state index contributed by atoms with van der Waals surface area (Å²) >= 11 is 0. The van der Waals surface area contributed by atoms with Gasteiger partial charge in [0.2, 0.25) is 0 Å². The van der Waals surface area contributed by atoms with Crippen molar-refractivity contribution in [2.45, 2.75) is 12.1 Å². The van der Waals surface area contributed by atoms with Crippen LogP contribution in [0, 0.1) is 16.7 Å². The van der Waals surface area contributed by atoms with Crippen molar-refractivity contribution in [3.63, 3.8) is 0 Å². The minimum Gasteiger partial charge on any atom is -0.329 e. The second-order valence-corrected chi connectivity index (χ2v) is 6.98. The van der Waals surface area contributed by atoms with E-state index in [4.69, 9.17) is 0 Å². The first-order valence-electron chi connectivity index (χ1n) is 9.35. The van der Waals surface area contributed by atoms with Gasteiger partial charge in [-0.15, -0.1) is 0 Å². The zero-order valence-electron chi connectivity index (χ0n) is 15.6. The van der Waals surface area contributed by atoms with Gasteiger partial charge < -0.3 is 10.6 Å². The van der Waals surface area contributed by atoms with E-state index in [2.05, 4.69) is 16.7 Å². The average Bonchev–Trinajstić information content (AvgIpc) is 2.80. The quantitative estimate of drug-likeness (QED) is 0.665. The fourth-order valence-corrected chi connectivity index (χ4v) is 3.95. The van der Waals surface area contributed by atoms with Crippen molar-refractivity contribution < 1.29 is 9.59 Å². The fraction of sp³-hybridized carbons (Fsp3) is 0.125. The van der Waals surface area contributed by atoms with Gasteiger partial charge in [-0.25, -0.2) is 4.79 Å². The van der Waals surface area contributed by atoms with E-state index >= 15 is 0 Å². The van der Waals surface area contributed by atoms with Crippen LogP contribution in [0.1, 0.15) is 33.6 Å². The number of nitrogens with zero attached hydrogens (tertiary/aromatic N) is 1. The molecule has 5 nitrogen and oxygen atoms in total. The Hall–Kier alpha value is -3.91. The van der Waals surface area contributed by atoms with Crippen molar-refractivity contribution in [3.05, 3.63) is 108 Å². The molecule has 4 rings (SSSR count). The highest BCUT2D eigenvalue weighted by molar-refractivity contribution is 6.05. The van der Waals surface area contributed by atoms with Gasteiger partial charge in [0, 0.05) is 5.56 Å². The van der Waals surface area contributed by atoms with Gasteiger partial charge in [0.25, 0.3) is 0 Å². The molecule has 29 heavy (non-hydrogen) atoms. The van der Waals surface area contributed by atoms with Gasteiger partial charge in [-0.2, -0.15) is 5.26 Å². The molecule has 1 heterocycles. The molecule has 2 atom stereocenters. The van der Waals surface area contributed by atoms with Gasteiger partial charge in [0.1, 0.15) is 0 Å². The standard InChI is InChI=1S/C24H19N3O2/c25-16-24(22(28)19-14-8-3-9-15-19)20(17-10-4-1-5-11-17)26-23(29)27-21(24)18-12-6-2-7-13-18/h1-15,20-21H,(H2,26,27,29)/t20-,21-/m0/s1. The Balaban J connectivity index is 1.95. The third-order valence-corrected chi connectivity index (χ3v) is 5.32. The fourth-order valence-electron chi connectivity index (χ4n) is 3.95. The molecule has 0 bridgehead atoms. The van der Waals surface area contributed by atoms with Crippen LogP contribution < -0.4 is 10.6 Å². The summed E-state index contributed by atoms with van der Waals surface area (Å²) in [6, 6.07) is 27.3. The van der Waals surface area contributed by atoms with E-state index in [1.807, 2.05) is 66.7 Å². The first-order valence-corrected chi connectivity index (χ1v) is 9.35. The minimum absolute atomic E-state index is 0.337. The van der Waals surface area contributed by atoms with Crippen molar-refractivity contribution >= 4 is 11.8 Å². The largest absolute Gasteiger partial charge is 0.329 e. The third-order valence-electron chi connectivity index (χ3n) is 5.32. The smallest absolute Gasteiger partial charge is 0.315 e. The summed E-state index contributed by atoms with van der Waals surface area (Å²) < 4.78 is 0. The van der Waals surface area contributed by atoms with Gasteiger partial charge in [0.05, 0.1) is 18.2 Å². The van der Waals surface area contributed by atoms with Crippen LogP contribution in [0.2, 0.25) is 0 Å². The number of carbonyl (C=O) groups is 2. The summed E-state index contributed by atoms with van der Waals surface area (Å²) in [5.74, 6) is -0.337. The molecule has 2 amide bonds. The number of Topliss-reactive ketones (excluding diaryl/α,β-unsaturated/α-hetero) is 1. The van der Waals surface area contributed by atoms with E-state index in [0.29, 0.717) is 16.7 Å². The predicted molar refractivity (Wildman–Crippen MR) is 109 cm³/mol. The van der Waals surface area contributed by atoms with Crippen LogP contribution in [0.5, 0.6) is 0 Å². The van der Waals surface area contributed by atoms with Crippen molar-refractivity contribution in [1.29, 1.82) is 5.26 Å². The molecule has 0 aliphatic carbocycles. The number of carbonyl (C=O) groups excluding carboxylic acids is 2. The number of nitriles is 1. The molecule has 2 N–H and O–H groups in total. The van der Waals surface area contributed by atoms with E-state index < -0.39 is 23.5 Å². The summed E-state index contributed by atoms with van der Waals surface area (Å²) in [5, 5.41) is 16.1. The van der Waals surface area contributed by atoms with Crippen LogP contribution in [-0.2, 0) is 0 Å². The lowest BCUT2D eigenvalue weighted by Gasteiger charge is -2.44. The van der Waals surface area contributed by atoms with Crippen molar-refractivity contribution in [2.24, 2.45) is 5.41 Å². The van der Waals surface area contributed by atoms with Crippen LogP contribution in [0.15, 0.2) is 91.0 Å². The van der Waals surface area contributed by atoms with Gasteiger partial charge in [-0.3, -0.25) is 4.79 Å². The summed E-state index contributed by atoms with van der Waals surface area (Å²) in [4.78, 5) is 26.4. The summed E-state index contributed by atoms with van der Waals surface area (Å²) in [5.41, 5.74) is 0.259. The molecule has 3 aromatic rings. The number of rotatable bonds is 4. The second kappa shape index (κ2) is 7.61. The first kappa shape index (κ1) is 18.5. The molecule has 3 aromatic carbocycles. The van der Waals surface area contributed by atoms with Gasteiger partial charge in [-0.1, -0.05) is 91.0 Å². The molecule has 0 unspecified atom stereocenters.